The number of rotatable bonds is 4. The van der Waals surface area contributed by atoms with Crippen molar-refractivity contribution in [1.29, 1.82) is 0 Å². The number of amides is 1. The topological polar surface area (TPSA) is 50.5 Å². The quantitative estimate of drug-likeness (QED) is 0.738. The molecule has 3 aromatic heterocycles. The summed E-state index contributed by atoms with van der Waals surface area (Å²) in [6.07, 6.45) is 5.73. The molecule has 0 aliphatic heterocycles. The molecule has 1 atom stereocenters. The fraction of sp³-hybridized carbons (Fsp3) is 0.278. The molecule has 124 valence electrons. The standard InChI is InChI=1S/C18H19FN4O/c1-4-14(13-6-5-9-20-10-13)22(3)18(24)16-17(19)23-11-12(2)7-8-15(23)21-16/h5-11,14H,4H2,1-3H3/t14-/m1/s1. The largest absolute Gasteiger partial charge is 0.333 e. The Morgan fingerprint density at radius 3 is 2.83 bits per heavy atom. The second-order valence-corrected chi connectivity index (χ2v) is 5.81. The predicted molar refractivity (Wildman–Crippen MR) is 89.2 cm³/mol. The molecule has 0 saturated carbocycles. The summed E-state index contributed by atoms with van der Waals surface area (Å²) in [4.78, 5) is 22.6. The Hall–Kier alpha value is -2.76. The molecule has 6 heteroatoms. The average molecular weight is 326 g/mol. The van der Waals surface area contributed by atoms with E-state index in [2.05, 4.69) is 9.97 Å². The van der Waals surface area contributed by atoms with Crippen molar-refractivity contribution in [3.8, 4) is 0 Å². The Kier molecular flexibility index (Phi) is 4.29. The summed E-state index contributed by atoms with van der Waals surface area (Å²) in [6, 6.07) is 7.09. The van der Waals surface area contributed by atoms with Gasteiger partial charge in [-0.05, 0) is 36.6 Å². The molecule has 0 fully saturated rings. The van der Waals surface area contributed by atoms with Crippen LogP contribution in [0.25, 0.3) is 5.65 Å². The number of hydrogen-bond donors (Lipinski definition) is 0. The van der Waals surface area contributed by atoms with Gasteiger partial charge in [-0.15, -0.1) is 0 Å². The minimum Gasteiger partial charge on any atom is -0.333 e. The SMILES string of the molecule is CC[C@H](c1cccnc1)N(C)C(=O)c1nc2ccc(C)cn2c1F. The number of carbonyl (C=O) groups excluding carboxylic acids is 1. The summed E-state index contributed by atoms with van der Waals surface area (Å²) >= 11 is 0. The first-order chi connectivity index (χ1) is 11.5. The lowest BCUT2D eigenvalue weighted by Crippen LogP contribution is -2.32. The van der Waals surface area contributed by atoms with E-state index in [0.29, 0.717) is 12.1 Å². The van der Waals surface area contributed by atoms with Crippen LogP contribution in [0.15, 0.2) is 42.9 Å². The van der Waals surface area contributed by atoms with E-state index in [1.165, 1.54) is 9.30 Å². The fourth-order valence-corrected chi connectivity index (χ4v) is 2.87. The zero-order chi connectivity index (χ0) is 17.3. The number of halogens is 1. The molecular weight excluding hydrogens is 307 g/mol. The zero-order valence-corrected chi connectivity index (χ0v) is 13.9. The molecule has 1 amide bonds. The summed E-state index contributed by atoms with van der Waals surface area (Å²) in [5.74, 6) is -1.07. The van der Waals surface area contributed by atoms with Crippen molar-refractivity contribution in [2.75, 3.05) is 7.05 Å². The van der Waals surface area contributed by atoms with Crippen LogP contribution in [0.5, 0.6) is 0 Å². The van der Waals surface area contributed by atoms with Gasteiger partial charge in [0, 0.05) is 25.6 Å². The number of carbonyl (C=O) groups is 1. The van der Waals surface area contributed by atoms with Crippen LogP contribution in [0.4, 0.5) is 4.39 Å². The van der Waals surface area contributed by atoms with Crippen molar-refractivity contribution in [1.82, 2.24) is 19.3 Å². The van der Waals surface area contributed by atoms with E-state index in [-0.39, 0.29) is 11.7 Å². The first-order valence-electron chi connectivity index (χ1n) is 7.84. The maximum atomic E-state index is 14.6. The maximum absolute atomic E-state index is 14.6. The first-order valence-corrected chi connectivity index (χ1v) is 7.84. The molecule has 0 bridgehead atoms. The minimum atomic E-state index is -0.633. The van der Waals surface area contributed by atoms with Gasteiger partial charge in [-0.2, -0.15) is 4.39 Å². The maximum Gasteiger partial charge on any atom is 0.277 e. The van der Waals surface area contributed by atoms with Gasteiger partial charge in [-0.3, -0.25) is 14.2 Å². The lowest BCUT2D eigenvalue weighted by Gasteiger charge is -2.26. The summed E-state index contributed by atoms with van der Waals surface area (Å²) in [5, 5.41) is 0. The van der Waals surface area contributed by atoms with Gasteiger partial charge in [0.2, 0.25) is 5.95 Å². The number of aromatic nitrogens is 3. The molecule has 0 aliphatic carbocycles. The summed E-state index contributed by atoms with van der Waals surface area (Å²) in [5.41, 5.74) is 2.07. The Bertz CT molecular complexity index is 875. The molecule has 0 N–H and O–H groups in total. The molecule has 0 aliphatic rings. The van der Waals surface area contributed by atoms with E-state index in [1.54, 1.807) is 31.7 Å². The third-order valence-electron chi connectivity index (χ3n) is 4.15. The van der Waals surface area contributed by atoms with Gasteiger partial charge in [-0.25, -0.2) is 4.98 Å². The Balaban J connectivity index is 1.97. The van der Waals surface area contributed by atoms with Gasteiger partial charge in [0.25, 0.3) is 5.91 Å². The number of fused-ring (bicyclic) bond motifs is 1. The molecule has 0 unspecified atom stereocenters. The summed E-state index contributed by atoms with van der Waals surface area (Å²) < 4.78 is 15.9. The normalized spacial score (nSPS) is 12.3. The molecule has 5 nitrogen and oxygen atoms in total. The highest BCUT2D eigenvalue weighted by atomic mass is 19.1. The summed E-state index contributed by atoms with van der Waals surface area (Å²) in [7, 11) is 1.66. The van der Waals surface area contributed by atoms with Crippen LogP contribution >= 0.6 is 0 Å². The van der Waals surface area contributed by atoms with E-state index in [0.717, 1.165) is 11.1 Å². The van der Waals surface area contributed by atoms with E-state index in [1.807, 2.05) is 32.0 Å². The van der Waals surface area contributed by atoms with Gasteiger partial charge in [0.1, 0.15) is 5.65 Å². The van der Waals surface area contributed by atoms with Crippen LogP contribution in [0.1, 0.15) is 41.0 Å². The average Bonchev–Trinajstić information content (AvgIpc) is 2.92. The van der Waals surface area contributed by atoms with Crippen LogP contribution in [0.3, 0.4) is 0 Å². The summed E-state index contributed by atoms with van der Waals surface area (Å²) in [6.45, 7) is 3.84. The van der Waals surface area contributed by atoms with E-state index >= 15 is 0 Å². The second kappa shape index (κ2) is 6.39. The molecule has 0 aromatic carbocycles. The predicted octanol–water partition coefficient (Wildman–Crippen LogP) is 3.40. The number of aryl methyl sites for hydroxylation is 1. The van der Waals surface area contributed by atoms with Gasteiger partial charge < -0.3 is 4.90 Å². The molecule has 0 spiro atoms. The molecule has 3 rings (SSSR count). The van der Waals surface area contributed by atoms with Crippen LogP contribution in [-0.4, -0.2) is 32.2 Å². The number of pyridine rings is 2. The van der Waals surface area contributed by atoms with Gasteiger partial charge in [0.05, 0.1) is 6.04 Å². The monoisotopic (exact) mass is 326 g/mol. The fourth-order valence-electron chi connectivity index (χ4n) is 2.87. The van der Waals surface area contributed by atoms with E-state index in [4.69, 9.17) is 0 Å². The van der Waals surface area contributed by atoms with Crippen molar-refractivity contribution in [2.45, 2.75) is 26.3 Å². The highest BCUT2D eigenvalue weighted by Crippen LogP contribution is 2.24. The molecule has 3 heterocycles. The molecule has 0 saturated heterocycles. The van der Waals surface area contributed by atoms with Gasteiger partial charge >= 0.3 is 0 Å². The van der Waals surface area contributed by atoms with E-state index < -0.39 is 11.9 Å². The van der Waals surface area contributed by atoms with Crippen LogP contribution in [0.2, 0.25) is 0 Å². The molecular formula is C18H19FN4O. The highest BCUT2D eigenvalue weighted by molar-refractivity contribution is 5.93. The number of nitrogens with zero attached hydrogens (tertiary/aromatic N) is 4. The second-order valence-electron chi connectivity index (χ2n) is 5.81. The van der Waals surface area contributed by atoms with Gasteiger partial charge in [-0.1, -0.05) is 19.1 Å². The minimum absolute atomic E-state index is 0.162. The number of hydrogen-bond acceptors (Lipinski definition) is 3. The Morgan fingerprint density at radius 1 is 1.38 bits per heavy atom. The first kappa shape index (κ1) is 16.1. The van der Waals surface area contributed by atoms with Crippen molar-refractivity contribution < 1.29 is 9.18 Å². The third-order valence-corrected chi connectivity index (χ3v) is 4.15. The van der Waals surface area contributed by atoms with Crippen molar-refractivity contribution in [3.05, 3.63) is 65.6 Å². The molecule has 0 radical (unpaired) electrons. The Morgan fingerprint density at radius 2 is 2.17 bits per heavy atom. The molecule has 3 aromatic rings. The highest BCUT2D eigenvalue weighted by Gasteiger charge is 2.27. The van der Waals surface area contributed by atoms with Gasteiger partial charge in [0.15, 0.2) is 5.69 Å². The number of imidazole rings is 1. The van der Waals surface area contributed by atoms with E-state index in [9.17, 15) is 9.18 Å². The van der Waals surface area contributed by atoms with Crippen molar-refractivity contribution in [2.24, 2.45) is 0 Å². The van der Waals surface area contributed by atoms with Crippen LogP contribution < -0.4 is 0 Å². The van der Waals surface area contributed by atoms with Crippen molar-refractivity contribution >= 4 is 11.6 Å². The van der Waals surface area contributed by atoms with Crippen LogP contribution in [0, 0.1) is 12.9 Å². The lowest BCUT2D eigenvalue weighted by molar-refractivity contribution is 0.0715. The zero-order valence-electron chi connectivity index (χ0n) is 13.9. The lowest BCUT2D eigenvalue weighted by atomic mass is 10.1. The van der Waals surface area contributed by atoms with Crippen LogP contribution in [-0.2, 0) is 0 Å². The molecule has 24 heavy (non-hydrogen) atoms. The smallest absolute Gasteiger partial charge is 0.277 e. The van der Waals surface area contributed by atoms with Crippen molar-refractivity contribution in [3.63, 3.8) is 0 Å². The Labute approximate surface area is 139 Å². The third kappa shape index (κ3) is 2.75.